The fraction of sp³-hybridized carbons (Fsp3) is 0.500. The van der Waals surface area contributed by atoms with Crippen LogP contribution in [0.25, 0.3) is 0 Å². The maximum absolute atomic E-state index is 11.8. The highest BCUT2D eigenvalue weighted by Crippen LogP contribution is 2.32. The fourth-order valence-electron chi connectivity index (χ4n) is 2.58. The lowest BCUT2D eigenvalue weighted by molar-refractivity contribution is -0.130. The van der Waals surface area contributed by atoms with Gasteiger partial charge in [-0.3, -0.25) is 4.79 Å². The number of aliphatic hydroxyl groups excluding tert-OH is 1. The Morgan fingerprint density at radius 1 is 1.26 bits per heavy atom. The molecule has 2 aliphatic rings. The van der Waals surface area contributed by atoms with Crippen LogP contribution in [0.3, 0.4) is 0 Å². The number of nitrogens with zero attached hydrogens (tertiary/aromatic N) is 1. The van der Waals surface area contributed by atoms with Crippen molar-refractivity contribution in [2.24, 2.45) is 0 Å². The van der Waals surface area contributed by atoms with E-state index >= 15 is 0 Å². The van der Waals surface area contributed by atoms with Crippen molar-refractivity contribution in [3.8, 4) is 11.5 Å². The van der Waals surface area contributed by atoms with Gasteiger partial charge in [-0.25, -0.2) is 0 Å². The molecule has 1 fully saturated rings. The first-order valence-corrected chi connectivity index (χ1v) is 6.57. The van der Waals surface area contributed by atoms with E-state index in [2.05, 4.69) is 0 Å². The van der Waals surface area contributed by atoms with E-state index in [0.717, 1.165) is 23.5 Å². The number of carbonyl (C=O) groups excluding carboxylic acids is 1. The number of carbonyl (C=O) groups is 1. The van der Waals surface area contributed by atoms with Gasteiger partial charge in [0, 0.05) is 13.0 Å². The number of rotatable bonds is 3. The number of hydrogen-bond acceptors (Lipinski definition) is 4. The summed E-state index contributed by atoms with van der Waals surface area (Å²) in [6.45, 7) is 1.67. The first-order valence-electron chi connectivity index (χ1n) is 6.57. The minimum Gasteiger partial charge on any atom is -0.486 e. The number of aliphatic hydroxyl groups is 1. The third-order valence-electron chi connectivity index (χ3n) is 3.62. The number of hydrogen-bond donors (Lipinski definition) is 1. The molecule has 1 atom stereocenters. The number of amides is 1. The van der Waals surface area contributed by atoms with Gasteiger partial charge in [0.2, 0.25) is 5.91 Å². The summed E-state index contributed by atoms with van der Waals surface area (Å²) in [5.74, 6) is 1.59. The molecule has 2 aliphatic heterocycles. The van der Waals surface area contributed by atoms with E-state index in [1.165, 1.54) is 0 Å². The first-order chi connectivity index (χ1) is 9.28. The van der Waals surface area contributed by atoms with Crippen LogP contribution in [0.4, 0.5) is 0 Å². The van der Waals surface area contributed by atoms with Gasteiger partial charge >= 0.3 is 0 Å². The van der Waals surface area contributed by atoms with Gasteiger partial charge in [0.1, 0.15) is 13.2 Å². The van der Waals surface area contributed by atoms with E-state index in [1.54, 1.807) is 4.90 Å². The van der Waals surface area contributed by atoms with Gasteiger partial charge in [-0.15, -0.1) is 0 Å². The quantitative estimate of drug-likeness (QED) is 0.881. The highest BCUT2D eigenvalue weighted by atomic mass is 16.6. The summed E-state index contributed by atoms with van der Waals surface area (Å²) in [7, 11) is 0. The molecule has 5 nitrogen and oxygen atoms in total. The second-order valence-electron chi connectivity index (χ2n) is 4.87. The number of benzene rings is 1. The van der Waals surface area contributed by atoms with Gasteiger partial charge < -0.3 is 19.5 Å². The van der Waals surface area contributed by atoms with Gasteiger partial charge in [0.05, 0.1) is 12.6 Å². The summed E-state index contributed by atoms with van der Waals surface area (Å²) in [6.07, 6.45) is 1.26. The van der Waals surface area contributed by atoms with E-state index in [0.29, 0.717) is 26.2 Å². The third-order valence-corrected chi connectivity index (χ3v) is 3.62. The van der Waals surface area contributed by atoms with Crippen LogP contribution in [-0.2, 0) is 11.3 Å². The zero-order valence-electron chi connectivity index (χ0n) is 10.7. The van der Waals surface area contributed by atoms with Crippen LogP contribution in [-0.4, -0.2) is 41.8 Å². The van der Waals surface area contributed by atoms with Crippen molar-refractivity contribution in [3.63, 3.8) is 0 Å². The Morgan fingerprint density at radius 3 is 2.84 bits per heavy atom. The van der Waals surface area contributed by atoms with Crippen LogP contribution in [0.2, 0.25) is 0 Å². The molecule has 1 aromatic rings. The molecular weight excluding hydrogens is 246 g/mol. The SMILES string of the molecule is O=C1CCC(CO)N1Cc1ccc2c(c1)OCCO2. The fourth-order valence-corrected chi connectivity index (χ4v) is 2.58. The Labute approximate surface area is 111 Å². The van der Waals surface area contributed by atoms with Crippen molar-refractivity contribution in [2.45, 2.75) is 25.4 Å². The molecular formula is C14H17NO4. The Hall–Kier alpha value is -1.75. The molecule has 3 rings (SSSR count). The Bertz CT molecular complexity index is 488. The average Bonchev–Trinajstić information content (AvgIpc) is 2.79. The summed E-state index contributed by atoms with van der Waals surface area (Å²) in [5.41, 5.74) is 0.998. The van der Waals surface area contributed by atoms with Gasteiger partial charge in [-0.05, 0) is 24.1 Å². The van der Waals surface area contributed by atoms with E-state index < -0.39 is 0 Å². The lowest BCUT2D eigenvalue weighted by Gasteiger charge is -2.24. The van der Waals surface area contributed by atoms with Gasteiger partial charge in [-0.1, -0.05) is 6.07 Å². The maximum atomic E-state index is 11.8. The van der Waals surface area contributed by atoms with Crippen LogP contribution in [0, 0.1) is 0 Å². The lowest BCUT2D eigenvalue weighted by Crippen LogP contribution is -2.34. The van der Waals surface area contributed by atoms with Crippen molar-refractivity contribution in [3.05, 3.63) is 23.8 Å². The Kier molecular flexibility index (Phi) is 3.29. The lowest BCUT2D eigenvalue weighted by atomic mass is 10.1. The second-order valence-corrected chi connectivity index (χ2v) is 4.87. The Balaban J connectivity index is 1.77. The molecule has 0 spiro atoms. The van der Waals surface area contributed by atoms with Crippen molar-refractivity contribution < 1.29 is 19.4 Å². The van der Waals surface area contributed by atoms with E-state index in [4.69, 9.17) is 9.47 Å². The van der Waals surface area contributed by atoms with Crippen LogP contribution < -0.4 is 9.47 Å². The molecule has 0 aliphatic carbocycles. The summed E-state index contributed by atoms with van der Waals surface area (Å²) >= 11 is 0. The zero-order valence-corrected chi connectivity index (χ0v) is 10.7. The average molecular weight is 263 g/mol. The van der Waals surface area contributed by atoms with Crippen molar-refractivity contribution in [1.29, 1.82) is 0 Å². The van der Waals surface area contributed by atoms with Crippen molar-refractivity contribution in [2.75, 3.05) is 19.8 Å². The molecule has 1 amide bonds. The van der Waals surface area contributed by atoms with Crippen LogP contribution in [0.15, 0.2) is 18.2 Å². The second kappa shape index (κ2) is 5.09. The number of fused-ring (bicyclic) bond motifs is 1. The van der Waals surface area contributed by atoms with Crippen molar-refractivity contribution in [1.82, 2.24) is 4.90 Å². The molecule has 0 bridgehead atoms. The molecule has 5 heteroatoms. The normalized spacial score (nSPS) is 21.8. The summed E-state index contributed by atoms with van der Waals surface area (Å²) in [4.78, 5) is 13.5. The third kappa shape index (κ3) is 2.38. The standard InChI is InChI=1S/C14H17NO4/c16-9-11-2-4-14(17)15(11)8-10-1-3-12-13(7-10)19-6-5-18-12/h1,3,7,11,16H,2,4-6,8-9H2. The van der Waals surface area contributed by atoms with Gasteiger partial charge in [-0.2, -0.15) is 0 Å². The summed E-state index contributed by atoms with van der Waals surface area (Å²) < 4.78 is 11.0. The largest absolute Gasteiger partial charge is 0.486 e. The minimum atomic E-state index is -0.0549. The first kappa shape index (κ1) is 12.3. The minimum absolute atomic E-state index is 0.0241. The highest BCUT2D eigenvalue weighted by molar-refractivity contribution is 5.78. The number of likely N-dealkylation sites (tertiary alicyclic amines) is 1. The maximum Gasteiger partial charge on any atom is 0.223 e. The molecule has 1 unspecified atom stereocenters. The van der Waals surface area contributed by atoms with E-state index in [9.17, 15) is 9.90 Å². The van der Waals surface area contributed by atoms with Crippen molar-refractivity contribution >= 4 is 5.91 Å². The summed E-state index contributed by atoms with van der Waals surface area (Å²) in [5, 5.41) is 9.29. The van der Waals surface area contributed by atoms with E-state index in [1.807, 2.05) is 18.2 Å². The monoisotopic (exact) mass is 263 g/mol. The topological polar surface area (TPSA) is 59.0 Å². The molecule has 0 radical (unpaired) electrons. The van der Waals surface area contributed by atoms with Crippen LogP contribution in [0.5, 0.6) is 11.5 Å². The van der Waals surface area contributed by atoms with E-state index in [-0.39, 0.29) is 18.6 Å². The van der Waals surface area contributed by atoms with Gasteiger partial charge in [0.25, 0.3) is 0 Å². The molecule has 1 aromatic carbocycles. The van der Waals surface area contributed by atoms with Gasteiger partial charge in [0.15, 0.2) is 11.5 Å². The molecule has 1 saturated heterocycles. The van der Waals surface area contributed by atoms with Crippen LogP contribution >= 0.6 is 0 Å². The molecule has 2 heterocycles. The highest BCUT2D eigenvalue weighted by Gasteiger charge is 2.30. The molecule has 102 valence electrons. The smallest absolute Gasteiger partial charge is 0.223 e. The predicted octanol–water partition coefficient (Wildman–Crippen LogP) is 0.941. The predicted molar refractivity (Wildman–Crippen MR) is 68.1 cm³/mol. The molecule has 19 heavy (non-hydrogen) atoms. The molecule has 1 N–H and O–H groups in total. The van der Waals surface area contributed by atoms with Crippen LogP contribution in [0.1, 0.15) is 18.4 Å². The Morgan fingerprint density at radius 2 is 2.05 bits per heavy atom. The zero-order chi connectivity index (χ0) is 13.2. The number of ether oxygens (including phenoxy) is 2. The molecule has 0 aromatic heterocycles. The molecule has 0 saturated carbocycles. The summed E-state index contributed by atoms with van der Waals surface area (Å²) in [6, 6.07) is 5.67.